The highest BCUT2D eigenvalue weighted by Crippen LogP contribution is 2.23. The zero-order valence-electron chi connectivity index (χ0n) is 19.5. The number of carbonyl (C=O) groups excluding carboxylic acids is 1. The third-order valence-electron chi connectivity index (χ3n) is 6.57. The second kappa shape index (κ2) is 10.2. The van der Waals surface area contributed by atoms with Gasteiger partial charge in [0.25, 0.3) is 0 Å². The monoisotopic (exact) mass is 457 g/mol. The predicted octanol–water partition coefficient (Wildman–Crippen LogP) is 3.36. The Bertz CT molecular complexity index is 1230. The standard InChI is InChI=1S/C26H31N7O/c1-19(34)31-23-4-2-20(3-5-23)13-27-14-21-8-10-32(16-21)11-9-22-15-28-26-7-6-24(12-25(22)26)33-17-29-30-18-33/h2-7,12,15,17-18,21,27-28H,8-11,13-14,16H2,1H3,(H,31,34). The van der Waals surface area contributed by atoms with Crippen LogP contribution in [-0.4, -0.2) is 56.7 Å². The summed E-state index contributed by atoms with van der Waals surface area (Å²) < 4.78 is 1.94. The molecule has 1 atom stereocenters. The van der Waals surface area contributed by atoms with Gasteiger partial charge in [0.1, 0.15) is 12.7 Å². The highest BCUT2D eigenvalue weighted by atomic mass is 16.1. The molecule has 5 rings (SSSR count). The van der Waals surface area contributed by atoms with E-state index >= 15 is 0 Å². The molecule has 1 aliphatic heterocycles. The Balaban J connectivity index is 1.08. The van der Waals surface area contributed by atoms with Gasteiger partial charge >= 0.3 is 0 Å². The highest BCUT2D eigenvalue weighted by molar-refractivity contribution is 5.88. The average Bonchev–Trinajstić information content (AvgIpc) is 3.59. The number of nitrogens with zero attached hydrogens (tertiary/aromatic N) is 4. The molecule has 1 amide bonds. The number of aromatic amines is 1. The quantitative estimate of drug-likeness (QED) is 0.359. The van der Waals surface area contributed by atoms with Crippen molar-refractivity contribution in [2.75, 3.05) is 31.5 Å². The smallest absolute Gasteiger partial charge is 0.221 e. The molecule has 4 aromatic rings. The number of hydrogen-bond acceptors (Lipinski definition) is 5. The number of H-pyrrole nitrogens is 1. The molecule has 8 heteroatoms. The summed E-state index contributed by atoms with van der Waals surface area (Å²) in [6, 6.07) is 14.5. The fraction of sp³-hybridized carbons (Fsp3) is 0.346. The highest BCUT2D eigenvalue weighted by Gasteiger charge is 2.22. The summed E-state index contributed by atoms with van der Waals surface area (Å²) in [4.78, 5) is 17.1. The molecular formula is C26H31N7O. The maximum atomic E-state index is 11.1. The first-order valence-electron chi connectivity index (χ1n) is 11.9. The summed E-state index contributed by atoms with van der Waals surface area (Å²) in [7, 11) is 0. The number of aromatic nitrogens is 4. The predicted molar refractivity (Wildman–Crippen MR) is 134 cm³/mol. The number of benzene rings is 2. The lowest BCUT2D eigenvalue weighted by atomic mass is 10.1. The van der Waals surface area contributed by atoms with Crippen molar-refractivity contribution in [1.82, 2.24) is 30.0 Å². The van der Waals surface area contributed by atoms with Gasteiger partial charge in [0.15, 0.2) is 0 Å². The first-order valence-corrected chi connectivity index (χ1v) is 11.9. The molecule has 0 bridgehead atoms. The van der Waals surface area contributed by atoms with E-state index in [4.69, 9.17) is 0 Å². The van der Waals surface area contributed by atoms with Crippen molar-refractivity contribution in [2.45, 2.75) is 26.3 Å². The first-order chi connectivity index (χ1) is 16.6. The van der Waals surface area contributed by atoms with E-state index in [9.17, 15) is 4.79 Å². The zero-order chi connectivity index (χ0) is 23.3. The van der Waals surface area contributed by atoms with E-state index in [-0.39, 0.29) is 5.91 Å². The SMILES string of the molecule is CC(=O)Nc1ccc(CNCC2CCN(CCc3c[nH]c4ccc(-n5cnnc5)cc34)C2)cc1. The van der Waals surface area contributed by atoms with Gasteiger partial charge < -0.3 is 20.5 Å². The third-order valence-corrected chi connectivity index (χ3v) is 6.57. The molecule has 8 nitrogen and oxygen atoms in total. The van der Waals surface area contributed by atoms with Crippen molar-refractivity contribution in [3.05, 3.63) is 72.4 Å². The maximum Gasteiger partial charge on any atom is 0.221 e. The second-order valence-electron chi connectivity index (χ2n) is 9.13. The molecular weight excluding hydrogens is 426 g/mol. The molecule has 3 heterocycles. The fourth-order valence-corrected chi connectivity index (χ4v) is 4.76. The topological polar surface area (TPSA) is 90.9 Å². The Labute approximate surface area is 199 Å². The van der Waals surface area contributed by atoms with E-state index < -0.39 is 0 Å². The van der Waals surface area contributed by atoms with Crippen molar-refractivity contribution in [2.24, 2.45) is 5.92 Å². The number of carbonyl (C=O) groups is 1. The van der Waals surface area contributed by atoms with Crippen LogP contribution in [0.3, 0.4) is 0 Å². The van der Waals surface area contributed by atoms with Gasteiger partial charge in [0.2, 0.25) is 5.91 Å². The van der Waals surface area contributed by atoms with Gasteiger partial charge in [-0.25, -0.2) is 0 Å². The van der Waals surface area contributed by atoms with E-state index in [0.717, 1.165) is 50.5 Å². The van der Waals surface area contributed by atoms with Crippen LogP contribution in [0.15, 0.2) is 61.3 Å². The van der Waals surface area contributed by atoms with Crippen molar-refractivity contribution in [3.8, 4) is 5.69 Å². The van der Waals surface area contributed by atoms with Gasteiger partial charge in [-0.15, -0.1) is 10.2 Å². The lowest BCUT2D eigenvalue weighted by Crippen LogP contribution is -2.27. The number of hydrogen-bond donors (Lipinski definition) is 3. The first kappa shape index (κ1) is 22.3. The molecule has 0 radical (unpaired) electrons. The van der Waals surface area contributed by atoms with Gasteiger partial charge in [-0.2, -0.15) is 0 Å². The van der Waals surface area contributed by atoms with Crippen molar-refractivity contribution in [1.29, 1.82) is 0 Å². The van der Waals surface area contributed by atoms with Gasteiger partial charge in [-0.3, -0.25) is 9.36 Å². The summed E-state index contributed by atoms with van der Waals surface area (Å²) in [5.41, 5.74) is 5.67. The zero-order valence-corrected chi connectivity index (χ0v) is 19.5. The summed E-state index contributed by atoms with van der Waals surface area (Å²) >= 11 is 0. The van der Waals surface area contributed by atoms with Crippen LogP contribution in [0.1, 0.15) is 24.5 Å². The molecule has 1 aliphatic rings. The number of rotatable bonds is 9. The van der Waals surface area contributed by atoms with Crippen molar-refractivity contribution in [3.63, 3.8) is 0 Å². The van der Waals surface area contributed by atoms with Gasteiger partial charge in [-0.1, -0.05) is 12.1 Å². The molecule has 1 unspecified atom stereocenters. The number of nitrogens with one attached hydrogen (secondary N) is 3. The van der Waals surface area contributed by atoms with E-state index in [0.29, 0.717) is 5.92 Å². The van der Waals surface area contributed by atoms with Crippen LogP contribution in [0.2, 0.25) is 0 Å². The van der Waals surface area contributed by atoms with E-state index in [1.165, 1.54) is 35.4 Å². The minimum atomic E-state index is -0.0434. The normalized spacial score (nSPS) is 16.3. The van der Waals surface area contributed by atoms with Gasteiger partial charge in [0, 0.05) is 55.0 Å². The second-order valence-corrected chi connectivity index (χ2v) is 9.13. The molecule has 1 fully saturated rings. The Morgan fingerprint density at radius 3 is 2.76 bits per heavy atom. The number of anilines is 1. The molecule has 0 aliphatic carbocycles. The third kappa shape index (κ3) is 5.35. The summed E-state index contributed by atoms with van der Waals surface area (Å²) in [6.07, 6.45) is 7.87. The Morgan fingerprint density at radius 2 is 1.97 bits per heavy atom. The van der Waals surface area contributed by atoms with Crippen LogP contribution in [-0.2, 0) is 17.8 Å². The molecule has 1 saturated heterocycles. The molecule has 2 aromatic heterocycles. The molecule has 3 N–H and O–H groups in total. The summed E-state index contributed by atoms with van der Waals surface area (Å²) in [6.45, 7) is 6.78. The summed E-state index contributed by atoms with van der Waals surface area (Å²) in [5, 5.41) is 15.5. The molecule has 0 saturated carbocycles. The Kier molecular flexibility index (Phi) is 6.69. The van der Waals surface area contributed by atoms with Crippen LogP contribution in [0.4, 0.5) is 5.69 Å². The van der Waals surface area contributed by atoms with Crippen LogP contribution < -0.4 is 10.6 Å². The lowest BCUT2D eigenvalue weighted by Gasteiger charge is -2.16. The Hall–Kier alpha value is -3.49. The number of fused-ring (bicyclic) bond motifs is 1. The fourth-order valence-electron chi connectivity index (χ4n) is 4.76. The van der Waals surface area contributed by atoms with Crippen LogP contribution in [0.5, 0.6) is 0 Å². The van der Waals surface area contributed by atoms with Crippen LogP contribution in [0.25, 0.3) is 16.6 Å². The van der Waals surface area contributed by atoms with Gasteiger partial charge in [0.05, 0.1) is 0 Å². The number of likely N-dealkylation sites (tertiary alicyclic amines) is 1. The maximum absolute atomic E-state index is 11.1. The number of amides is 1. The minimum absolute atomic E-state index is 0.0434. The van der Waals surface area contributed by atoms with Gasteiger partial charge in [-0.05, 0) is 73.3 Å². The largest absolute Gasteiger partial charge is 0.361 e. The minimum Gasteiger partial charge on any atom is -0.361 e. The van der Waals surface area contributed by atoms with E-state index in [1.54, 1.807) is 12.7 Å². The molecule has 0 spiro atoms. The van der Waals surface area contributed by atoms with Crippen LogP contribution in [0, 0.1) is 5.92 Å². The van der Waals surface area contributed by atoms with E-state index in [1.807, 2.05) is 16.7 Å². The van der Waals surface area contributed by atoms with Crippen LogP contribution >= 0.6 is 0 Å². The lowest BCUT2D eigenvalue weighted by molar-refractivity contribution is -0.114. The van der Waals surface area contributed by atoms with Crippen molar-refractivity contribution < 1.29 is 4.79 Å². The van der Waals surface area contributed by atoms with E-state index in [2.05, 4.69) is 67.2 Å². The summed E-state index contributed by atoms with van der Waals surface area (Å²) in [5.74, 6) is 0.639. The molecule has 34 heavy (non-hydrogen) atoms. The average molecular weight is 458 g/mol. The molecule has 176 valence electrons. The molecule has 2 aromatic carbocycles. The Morgan fingerprint density at radius 1 is 1.15 bits per heavy atom. The van der Waals surface area contributed by atoms with Crippen molar-refractivity contribution >= 4 is 22.5 Å².